The highest BCUT2D eigenvalue weighted by Crippen LogP contribution is 2.31. The van der Waals surface area contributed by atoms with Gasteiger partial charge in [0.25, 0.3) is 5.91 Å². The van der Waals surface area contributed by atoms with Gasteiger partial charge in [0.15, 0.2) is 11.5 Å². The van der Waals surface area contributed by atoms with Crippen LogP contribution >= 0.6 is 0 Å². The van der Waals surface area contributed by atoms with Crippen LogP contribution < -0.4 is 14.8 Å². The van der Waals surface area contributed by atoms with Gasteiger partial charge in [0.1, 0.15) is 6.61 Å². The fraction of sp³-hybridized carbons (Fsp3) is 0.190. The van der Waals surface area contributed by atoms with Crippen LogP contribution in [-0.4, -0.2) is 18.6 Å². The van der Waals surface area contributed by atoms with E-state index in [9.17, 15) is 4.79 Å². The van der Waals surface area contributed by atoms with E-state index in [0.29, 0.717) is 11.5 Å². The zero-order valence-electron chi connectivity index (χ0n) is 13.9. The second kappa shape index (κ2) is 6.48. The zero-order chi connectivity index (χ0) is 17.2. The second-order valence-corrected chi connectivity index (χ2v) is 6.20. The molecule has 2 atom stereocenters. The second-order valence-electron chi connectivity index (χ2n) is 6.20. The highest BCUT2D eigenvalue weighted by Gasteiger charge is 2.28. The molecule has 0 aliphatic carbocycles. The lowest BCUT2D eigenvalue weighted by atomic mass is 10.0. The van der Waals surface area contributed by atoms with E-state index >= 15 is 0 Å². The van der Waals surface area contributed by atoms with E-state index in [-0.39, 0.29) is 18.6 Å². The lowest BCUT2D eigenvalue weighted by Crippen LogP contribution is -2.44. The standard InChI is InChI=1S/C21H19NO3/c1-14(16-11-10-15-6-2-3-7-17(15)12-16)22-21(23)20-13-24-18-8-4-5-9-19(18)25-20/h2-12,14,20H,13H2,1H3,(H,22,23). The minimum absolute atomic E-state index is 0.113. The molecule has 1 aliphatic rings. The maximum atomic E-state index is 12.5. The summed E-state index contributed by atoms with van der Waals surface area (Å²) in [4.78, 5) is 12.5. The third-order valence-corrected chi connectivity index (χ3v) is 4.43. The van der Waals surface area contributed by atoms with Gasteiger partial charge in [-0.15, -0.1) is 0 Å². The first-order valence-electron chi connectivity index (χ1n) is 8.38. The van der Waals surface area contributed by atoms with Gasteiger partial charge in [-0.05, 0) is 41.5 Å². The van der Waals surface area contributed by atoms with Gasteiger partial charge in [-0.25, -0.2) is 0 Å². The van der Waals surface area contributed by atoms with Crippen molar-refractivity contribution < 1.29 is 14.3 Å². The topological polar surface area (TPSA) is 47.6 Å². The highest BCUT2D eigenvalue weighted by molar-refractivity contribution is 5.84. The minimum Gasteiger partial charge on any atom is -0.485 e. The molecule has 0 saturated carbocycles. The van der Waals surface area contributed by atoms with E-state index in [1.807, 2.05) is 49.4 Å². The number of nitrogens with one attached hydrogen (secondary N) is 1. The number of para-hydroxylation sites is 2. The van der Waals surface area contributed by atoms with Gasteiger partial charge >= 0.3 is 0 Å². The number of benzene rings is 3. The van der Waals surface area contributed by atoms with Crippen LogP contribution in [0.1, 0.15) is 18.5 Å². The third kappa shape index (κ3) is 3.15. The smallest absolute Gasteiger partial charge is 0.265 e. The van der Waals surface area contributed by atoms with Crippen molar-refractivity contribution >= 4 is 16.7 Å². The van der Waals surface area contributed by atoms with E-state index in [0.717, 1.165) is 10.9 Å². The van der Waals surface area contributed by atoms with Gasteiger partial charge in [-0.3, -0.25) is 4.79 Å². The molecule has 4 nitrogen and oxygen atoms in total. The molecule has 4 rings (SSSR count). The molecule has 4 heteroatoms. The molecule has 1 aliphatic heterocycles. The molecule has 0 radical (unpaired) electrons. The first-order chi connectivity index (χ1) is 12.2. The van der Waals surface area contributed by atoms with E-state index < -0.39 is 6.10 Å². The van der Waals surface area contributed by atoms with Crippen molar-refractivity contribution in [1.82, 2.24) is 5.32 Å². The summed E-state index contributed by atoms with van der Waals surface area (Å²) < 4.78 is 11.4. The molecule has 0 spiro atoms. The average Bonchev–Trinajstić information content (AvgIpc) is 2.67. The van der Waals surface area contributed by atoms with Crippen molar-refractivity contribution in [3.05, 3.63) is 72.3 Å². The maximum Gasteiger partial charge on any atom is 0.265 e. The van der Waals surface area contributed by atoms with Crippen LogP contribution in [0, 0.1) is 0 Å². The Morgan fingerprint density at radius 3 is 2.56 bits per heavy atom. The lowest BCUT2D eigenvalue weighted by molar-refractivity contribution is -0.131. The summed E-state index contributed by atoms with van der Waals surface area (Å²) >= 11 is 0. The summed E-state index contributed by atoms with van der Waals surface area (Å²) in [5.41, 5.74) is 1.06. The number of hydrogen-bond donors (Lipinski definition) is 1. The van der Waals surface area contributed by atoms with Crippen molar-refractivity contribution in [3.63, 3.8) is 0 Å². The molecule has 1 N–H and O–H groups in total. The van der Waals surface area contributed by atoms with Gasteiger partial charge in [0, 0.05) is 0 Å². The Hall–Kier alpha value is -3.01. The van der Waals surface area contributed by atoms with Crippen molar-refractivity contribution in [1.29, 1.82) is 0 Å². The van der Waals surface area contributed by atoms with Gasteiger partial charge in [-0.2, -0.15) is 0 Å². The summed E-state index contributed by atoms with van der Waals surface area (Å²) in [5.74, 6) is 1.11. The molecule has 126 valence electrons. The van der Waals surface area contributed by atoms with E-state index in [2.05, 4.69) is 29.6 Å². The number of ether oxygens (including phenoxy) is 2. The van der Waals surface area contributed by atoms with Crippen molar-refractivity contribution in [2.45, 2.75) is 19.1 Å². The van der Waals surface area contributed by atoms with Crippen LogP contribution in [0.15, 0.2) is 66.7 Å². The van der Waals surface area contributed by atoms with Crippen LogP contribution in [-0.2, 0) is 4.79 Å². The molecular weight excluding hydrogens is 314 g/mol. The Morgan fingerprint density at radius 1 is 1.00 bits per heavy atom. The quantitative estimate of drug-likeness (QED) is 0.792. The number of carbonyl (C=O) groups is 1. The number of hydrogen-bond acceptors (Lipinski definition) is 3. The Bertz CT molecular complexity index is 922. The summed E-state index contributed by atoms with van der Waals surface area (Å²) in [6.45, 7) is 2.19. The molecule has 3 aromatic rings. The van der Waals surface area contributed by atoms with Gasteiger partial charge in [0.05, 0.1) is 6.04 Å². The summed E-state index contributed by atoms with van der Waals surface area (Å²) in [7, 11) is 0. The Kier molecular flexibility index (Phi) is 4.02. The molecular formula is C21H19NO3. The highest BCUT2D eigenvalue weighted by atomic mass is 16.6. The molecule has 0 aromatic heterocycles. The molecule has 1 heterocycles. The summed E-state index contributed by atoms with van der Waals surface area (Å²) in [6, 6.07) is 21.7. The SMILES string of the molecule is CC(NC(=O)C1COc2ccccc2O1)c1ccc2ccccc2c1. The molecule has 3 aromatic carbocycles. The average molecular weight is 333 g/mol. The van der Waals surface area contributed by atoms with Gasteiger partial charge in [0.2, 0.25) is 6.10 Å². The van der Waals surface area contributed by atoms with Crippen LogP contribution in [0.4, 0.5) is 0 Å². The maximum absolute atomic E-state index is 12.5. The van der Waals surface area contributed by atoms with Crippen molar-refractivity contribution in [2.24, 2.45) is 0 Å². The molecule has 25 heavy (non-hydrogen) atoms. The predicted molar refractivity (Wildman–Crippen MR) is 96.9 cm³/mol. The fourth-order valence-electron chi connectivity index (χ4n) is 3.02. The van der Waals surface area contributed by atoms with Crippen molar-refractivity contribution in [3.8, 4) is 11.5 Å². The zero-order valence-corrected chi connectivity index (χ0v) is 13.9. The number of fused-ring (bicyclic) bond motifs is 2. The number of carbonyl (C=O) groups excluding carboxylic acids is 1. The normalized spacial score (nSPS) is 17.1. The van der Waals surface area contributed by atoms with Crippen molar-refractivity contribution in [2.75, 3.05) is 6.61 Å². The first kappa shape index (κ1) is 15.5. The minimum atomic E-state index is -0.641. The third-order valence-electron chi connectivity index (χ3n) is 4.43. The van der Waals surface area contributed by atoms with E-state index in [1.165, 1.54) is 5.39 Å². The van der Waals surface area contributed by atoms with E-state index in [1.54, 1.807) is 0 Å². The summed E-state index contributed by atoms with van der Waals surface area (Å²) in [5, 5.41) is 5.36. The first-order valence-corrected chi connectivity index (χ1v) is 8.38. The van der Waals surface area contributed by atoms with Crippen LogP contribution in [0.2, 0.25) is 0 Å². The van der Waals surface area contributed by atoms with Crippen LogP contribution in [0.25, 0.3) is 10.8 Å². The Balaban J connectivity index is 1.46. The van der Waals surface area contributed by atoms with Crippen LogP contribution in [0.3, 0.4) is 0 Å². The fourth-order valence-corrected chi connectivity index (χ4v) is 3.02. The van der Waals surface area contributed by atoms with Crippen LogP contribution in [0.5, 0.6) is 11.5 Å². The monoisotopic (exact) mass is 333 g/mol. The molecule has 2 unspecified atom stereocenters. The molecule has 1 amide bonds. The summed E-state index contributed by atoms with van der Waals surface area (Å²) in [6.07, 6.45) is -0.641. The molecule has 0 fully saturated rings. The largest absolute Gasteiger partial charge is 0.485 e. The predicted octanol–water partition coefficient (Wildman–Crippen LogP) is 3.86. The van der Waals surface area contributed by atoms with Gasteiger partial charge < -0.3 is 14.8 Å². The molecule has 0 bridgehead atoms. The van der Waals surface area contributed by atoms with E-state index in [4.69, 9.17) is 9.47 Å². The number of rotatable bonds is 3. The number of amides is 1. The Labute approximate surface area is 146 Å². The lowest BCUT2D eigenvalue weighted by Gasteiger charge is -2.27. The van der Waals surface area contributed by atoms with Gasteiger partial charge in [-0.1, -0.05) is 48.5 Å². The molecule has 0 saturated heterocycles. The Morgan fingerprint density at radius 2 is 1.72 bits per heavy atom.